The Labute approximate surface area is 109 Å². The molecule has 1 atom stereocenters. The van der Waals surface area contributed by atoms with E-state index in [1.165, 1.54) is 12.1 Å². The van der Waals surface area contributed by atoms with Gasteiger partial charge >= 0.3 is 0 Å². The average Bonchev–Trinajstić information content (AvgIpc) is 2.80. The van der Waals surface area contributed by atoms with Gasteiger partial charge in [0.05, 0.1) is 16.0 Å². The highest BCUT2D eigenvalue weighted by atomic mass is 16.6. The minimum absolute atomic E-state index is 0.0435. The second-order valence-corrected chi connectivity index (χ2v) is 4.59. The lowest BCUT2D eigenvalue weighted by atomic mass is 10.1. The number of nitro groups is 1. The molecule has 2 N–H and O–H groups in total. The molecule has 1 aliphatic rings. The number of aromatic nitrogens is 2. The average molecular weight is 262 g/mol. The molecule has 1 saturated heterocycles. The molecule has 1 fully saturated rings. The summed E-state index contributed by atoms with van der Waals surface area (Å²) in [5, 5.41) is 14.0. The monoisotopic (exact) mass is 262 g/mol. The number of nitrogens with zero attached hydrogens (tertiary/aromatic N) is 2. The molecule has 0 bridgehead atoms. The van der Waals surface area contributed by atoms with Gasteiger partial charge in [-0.15, -0.1) is 0 Å². The smallest absolute Gasteiger partial charge is 0.294 e. The first kappa shape index (κ1) is 11.9. The first-order valence-electron chi connectivity index (χ1n) is 6.24. The van der Waals surface area contributed by atoms with Crippen molar-refractivity contribution in [2.24, 2.45) is 0 Å². The van der Waals surface area contributed by atoms with Gasteiger partial charge in [0.2, 0.25) is 0 Å². The van der Waals surface area contributed by atoms with Crippen molar-refractivity contribution < 1.29 is 9.66 Å². The Hall–Kier alpha value is -2.15. The molecule has 1 aromatic carbocycles. The number of fused-ring (bicyclic) bond motifs is 1. The Morgan fingerprint density at radius 3 is 3.11 bits per heavy atom. The molecule has 2 aromatic rings. The van der Waals surface area contributed by atoms with E-state index < -0.39 is 4.92 Å². The number of benzene rings is 1. The Bertz CT molecular complexity index is 604. The van der Waals surface area contributed by atoms with Crippen LogP contribution >= 0.6 is 0 Å². The molecule has 19 heavy (non-hydrogen) atoms. The lowest BCUT2D eigenvalue weighted by Crippen LogP contribution is -2.37. The molecule has 0 unspecified atom stereocenters. The first-order valence-corrected chi connectivity index (χ1v) is 6.24. The fourth-order valence-corrected chi connectivity index (χ4v) is 2.22. The molecule has 7 nitrogen and oxygen atoms in total. The van der Waals surface area contributed by atoms with Crippen molar-refractivity contribution in [3.05, 3.63) is 28.3 Å². The van der Waals surface area contributed by atoms with Crippen molar-refractivity contribution in [2.45, 2.75) is 18.9 Å². The van der Waals surface area contributed by atoms with Gasteiger partial charge in [-0.05, 0) is 25.5 Å². The number of hydrogen-bond donors (Lipinski definition) is 2. The lowest BCUT2D eigenvalue weighted by molar-refractivity contribution is -0.384. The van der Waals surface area contributed by atoms with Gasteiger partial charge in [0.25, 0.3) is 11.7 Å². The van der Waals surface area contributed by atoms with Crippen LogP contribution in [0, 0.1) is 10.1 Å². The Morgan fingerprint density at radius 1 is 1.47 bits per heavy atom. The largest absolute Gasteiger partial charge is 0.460 e. The Kier molecular flexibility index (Phi) is 3.04. The molecule has 7 heteroatoms. The van der Waals surface area contributed by atoms with E-state index in [9.17, 15) is 10.1 Å². The van der Waals surface area contributed by atoms with Crippen LogP contribution in [0.4, 0.5) is 5.69 Å². The highest BCUT2D eigenvalue weighted by Gasteiger charge is 2.17. The molecular weight excluding hydrogens is 248 g/mol. The molecular formula is C12H14N4O3. The number of nitro benzene ring substituents is 1. The number of nitrogens with one attached hydrogen (secondary N) is 2. The number of non-ortho nitro benzene ring substituents is 1. The highest BCUT2D eigenvalue weighted by Crippen LogP contribution is 2.22. The summed E-state index contributed by atoms with van der Waals surface area (Å²) in [7, 11) is 0. The summed E-state index contributed by atoms with van der Waals surface area (Å²) in [5.74, 6) is 0. The van der Waals surface area contributed by atoms with Crippen molar-refractivity contribution in [1.82, 2.24) is 15.3 Å². The fraction of sp³-hybridized carbons (Fsp3) is 0.417. The summed E-state index contributed by atoms with van der Waals surface area (Å²) in [4.78, 5) is 17.5. The van der Waals surface area contributed by atoms with Gasteiger partial charge in [-0.25, -0.2) is 0 Å². The second-order valence-electron chi connectivity index (χ2n) is 4.59. The van der Waals surface area contributed by atoms with Crippen LogP contribution in [0.15, 0.2) is 18.2 Å². The maximum absolute atomic E-state index is 10.7. The van der Waals surface area contributed by atoms with Crippen molar-refractivity contribution >= 4 is 16.7 Å². The number of imidazole rings is 1. The lowest BCUT2D eigenvalue weighted by Gasteiger charge is -2.22. The molecule has 100 valence electrons. The molecule has 0 spiro atoms. The van der Waals surface area contributed by atoms with Crippen LogP contribution in [0.25, 0.3) is 11.0 Å². The van der Waals surface area contributed by atoms with Crippen molar-refractivity contribution in [3.63, 3.8) is 0 Å². The van der Waals surface area contributed by atoms with E-state index in [0.29, 0.717) is 17.0 Å². The van der Waals surface area contributed by atoms with E-state index in [1.54, 1.807) is 6.07 Å². The number of H-pyrrole nitrogens is 1. The highest BCUT2D eigenvalue weighted by molar-refractivity contribution is 5.78. The molecule has 0 radical (unpaired) electrons. The predicted molar refractivity (Wildman–Crippen MR) is 69.3 cm³/mol. The zero-order valence-corrected chi connectivity index (χ0v) is 10.3. The van der Waals surface area contributed by atoms with Gasteiger partial charge < -0.3 is 15.0 Å². The van der Waals surface area contributed by atoms with E-state index in [4.69, 9.17) is 4.74 Å². The summed E-state index contributed by atoms with van der Waals surface area (Å²) >= 11 is 0. The van der Waals surface area contributed by atoms with E-state index in [2.05, 4.69) is 15.3 Å². The summed E-state index contributed by atoms with van der Waals surface area (Å²) in [6.07, 6.45) is 2.17. The summed E-state index contributed by atoms with van der Waals surface area (Å²) in [6.45, 7) is 1.82. The molecule has 2 heterocycles. The predicted octanol–water partition coefficient (Wildman–Crippen LogP) is 1.60. The normalized spacial score (nSPS) is 19.5. The van der Waals surface area contributed by atoms with Gasteiger partial charge in [0, 0.05) is 18.7 Å². The summed E-state index contributed by atoms with van der Waals surface area (Å²) in [6, 6.07) is 4.95. The Balaban J connectivity index is 1.82. The van der Waals surface area contributed by atoms with Gasteiger partial charge in [0.1, 0.15) is 6.10 Å². The number of rotatable bonds is 3. The van der Waals surface area contributed by atoms with E-state index in [-0.39, 0.29) is 11.8 Å². The molecule has 1 aromatic heterocycles. The third kappa shape index (κ3) is 2.50. The maximum atomic E-state index is 10.7. The van der Waals surface area contributed by atoms with Gasteiger partial charge in [-0.1, -0.05) is 0 Å². The van der Waals surface area contributed by atoms with Crippen LogP contribution in [0.3, 0.4) is 0 Å². The number of aromatic amines is 1. The third-order valence-electron chi connectivity index (χ3n) is 3.18. The fourth-order valence-electron chi connectivity index (χ4n) is 2.22. The van der Waals surface area contributed by atoms with Crippen LogP contribution in [-0.4, -0.2) is 34.1 Å². The number of hydrogen-bond acceptors (Lipinski definition) is 5. The summed E-state index contributed by atoms with van der Waals surface area (Å²) in [5.41, 5.74) is 1.33. The van der Waals surface area contributed by atoms with E-state index >= 15 is 0 Å². The van der Waals surface area contributed by atoms with Gasteiger partial charge in [-0.3, -0.25) is 10.1 Å². The minimum Gasteiger partial charge on any atom is -0.460 e. The molecule has 3 rings (SSSR count). The van der Waals surface area contributed by atoms with Crippen molar-refractivity contribution in [3.8, 4) is 6.01 Å². The SMILES string of the molecule is O=[N+]([O-])c1ccc2nc(O[C@H]3CCCNC3)[nH]c2c1. The second kappa shape index (κ2) is 4.85. The standard InChI is InChI=1S/C12H14N4O3/c17-16(18)8-3-4-10-11(6-8)15-12(14-10)19-9-2-1-5-13-7-9/h3-4,6,9,13H,1-2,5,7H2,(H,14,15)/t9-/m0/s1. The van der Waals surface area contributed by atoms with Crippen LogP contribution < -0.4 is 10.1 Å². The van der Waals surface area contributed by atoms with Crippen LogP contribution in [0.2, 0.25) is 0 Å². The molecule has 0 saturated carbocycles. The summed E-state index contributed by atoms with van der Waals surface area (Å²) < 4.78 is 5.74. The number of ether oxygens (including phenoxy) is 1. The van der Waals surface area contributed by atoms with Crippen molar-refractivity contribution in [1.29, 1.82) is 0 Å². The van der Waals surface area contributed by atoms with E-state index in [1.807, 2.05) is 0 Å². The number of piperidine rings is 1. The third-order valence-corrected chi connectivity index (χ3v) is 3.18. The van der Waals surface area contributed by atoms with E-state index in [0.717, 1.165) is 25.9 Å². The van der Waals surface area contributed by atoms with Gasteiger partial charge in [-0.2, -0.15) is 4.98 Å². The van der Waals surface area contributed by atoms with Crippen LogP contribution in [0.1, 0.15) is 12.8 Å². The zero-order chi connectivity index (χ0) is 13.2. The zero-order valence-electron chi connectivity index (χ0n) is 10.3. The molecule has 1 aliphatic heterocycles. The quantitative estimate of drug-likeness (QED) is 0.647. The Morgan fingerprint density at radius 2 is 2.37 bits per heavy atom. The first-order chi connectivity index (χ1) is 9.22. The topological polar surface area (TPSA) is 93.1 Å². The van der Waals surface area contributed by atoms with Crippen LogP contribution in [0.5, 0.6) is 6.01 Å². The van der Waals surface area contributed by atoms with Gasteiger partial charge in [0.15, 0.2) is 0 Å². The minimum atomic E-state index is -0.425. The molecule has 0 amide bonds. The van der Waals surface area contributed by atoms with Crippen molar-refractivity contribution in [2.75, 3.05) is 13.1 Å². The maximum Gasteiger partial charge on any atom is 0.294 e. The van der Waals surface area contributed by atoms with Crippen LogP contribution in [-0.2, 0) is 0 Å². The molecule has 0 aliphatic carbocycles.